The molecule has 29 heavy (non-hydrogen) atoms. The minimum absolute atomic E-state index is 0.154. The van der Waals surface area contributed by atoms with Gasteiger partial charge in [-0.2, -0.15) is 5.10 Å². The maximum absolute atomic E-state index is 12.6. The molecule has 0 aliphatic rings. The average molecular weight is 391 g/mol. The summed E-state index contributed by atoms with van der Waals surface area (Å²) in [6, 6.07) is 18.7. The molecule has 3 aromatic rings. The van der Waals surface area contributed by atoms with Crippen molar-refractivity contribution in [3.63, 3.8) is 0 Å². The Labute approximate surface area is 170 Å². The summed E-state index contributed by atoms with van der Waals surface area (Å²) in [7, 11) is 0. The van der Waals surface area contributed by atoms with E-state index >= 15 is 0 Å². The maximum atomic E-state index is 12.6. The van der Waals surface area contributed by atoms with Gasteiger partial charge in [-0.25, -0.2) is 4.68 Å². The van der Waals surface area contributed by atoms with Crippen LogP contribution in [0, 0.1) is 6.92 Å². The zero-order valence-electron chi connectivity index (χ0n) is 16.6. The van der Waals surface area contributed by atoms with Gasteiger partial charge in [-0.1, -0.05) is 36.4 Å². The summed E-state index contributed by atoms with van der Waals surface area (Å²) in [5, 5.41) is 7.16. The number of anilines is 1. The fourth-order valence-corrected chi connectivity index (χ4v) is 3.20. The molecule has 150 valence electrons. The van der Waals surface area contributed by atoms with E-state index in [-0.39, 0.29) is 17.3 Å². The Kier molecular flexibility index (Phi) is 6.29. The lowest BCUT2D eigenvalue weighted by Crippen LogP contribution is -2.35. The third-order valence-electron chi connectivity index (χ3n) is 4.70. The van der Waals surface area contributed by atoms with E-state index in [1.807, 2.05) is 30.3 Å². The largest absolute Gasteiger partial charge is 0.370 e. The Morgan fingerprint density at radius 3 is 2.45 bits per heavy atom. The van der Waals surface area contributed by atoms with Gasteiger partial charge < -0.3 is 16.0 Å². The van der Waals surface area contributed by atoms with E-state index in [1.165, 1.54) is 16.3 Å². The monoisotopic (exact) mass is 391 g/mol. The summed E-state index contributed by atoms with van der Waals surface area (Å²) in [4.78, 5) is 26.6. The molecule has 0 aliphatic heterocycles. The van der Waals surface area contributed by atoms with Crippen LogP contribution >= 0.6 is 0 Å². The van der Waals surface area contributed by atoms with Crippen molar-refractivity contribution in [2.75, 3.05) is 24.5 Å². The second kappa shape index (κ2) is 9.05. The average Bonchev–Trinajstić information content (AvgIpc) is 3.18. The van der Waals surface area contributed by atoms with Gasteiger partial charge in [-0.3, -0.25) is 9.59 Å². The molecule has 0 aliphatic carbocycles. The van der Waals surface area contributed by atoms with Gasteiger partial charge in [0.25, 0.3) is 11.8 Å². The number of likely N-dealkylation sites (N-methyl/N-ethyl adjacent to an activating group) is 1. The molecule has 0 fully saturated rings. The van der Waals surface area contributed by atoms with Crippen LogP contribution in [0.3, 0.4) is 0 Å². The van der Waals surface area contributed by atoms with E-state index in [1.54, 1.807) is 12.1 Å². The lowest BCUT2D eigenvalue weighted by molar-refractivity contribution is 0.0948. The number of carbonyl (C=O) groups excluding carboxylic acids is 2. The van der Waals surface area contributed by atoms with Crippen molar-refractivity contribution >= 4 is 17.5 Å². The number of carbonyl (C=O) groups is 2. The van der Waals surface area contributed by atoms with Crippen molar-refractivity contribution < 1.29 is 9.59 Å². The lowest BCUT2D eigenvalue weighted by atomic mass is 10.2. The zero-order valence-corrected chi connectivity index (χ0v) is 16.6. The van der Waals surface area contributed by atoms with E-state index in [4.69, 9.17) is 5.73 Å². The molecule has 7 nitrogen and oxygen atoms in total. The van der Waals surface area contributed by atoms with E-state index in [0.29, 0.717) is 18.8 Å². The molecule has 2 amide bonds. The van der Waals surface area contributed by atoms with Gasteiger partial charge in [0.1, 0.15) is 5.69 Å². The van der Waals surface area contributed by atoms with Crippen molar-refractivity contribution in [1.29, 1.82) is 0 Å². The van der Waals surface area contributed by atoms with Crippen LogP contribution in [-0.2, 0) is 0 Å². The van der Waals surface area contributed by atoms with E-state index in [0.717, 1.165) is 12.2 Å². The van der Waals surface area contributed by atoms with Gasteiger partial charge in [0.2, 0.25) is 0 Å². The molecule has 0 saturated carbocycles. The number of hydrogen-bond acceptors (Lipinski definition) is 4. The van der Waals surface area contributed by atoms with Crippen molar-refractivity contribution in [2.45, 2.75) is 13.8 Å². The molecule has 0 atom stereocenters. The number of amides is 2. The standard InChI is InChI=1S/C22H25N5O2/c1-3-26(19-12-8-7-9-16(19)2)14-13-24-22(29)18-15-20(21(23)28)27(25-18)17-10-5-4-6-11-17/h4-12,15H,3,13-14H2,1-2H3,(H2,23,28)(H,24,29). The summed E-state index contributed by atoms with van der Waals surface area (Å²) in [6.07, 6.45) is 0. The Bertz CT molecular complexity index is 997. The third-order valence-corrected chi connectivity index (χ3v) is 4.70. The number of rotatable bonds is 8. The number of hydrogen-bond donors (Lipinski definition) is 2. The number of aryl methyl sites for hydroxylation is 1. The predicted molar refractivity (Wildman–Crippen MR) is 113 cm³/mol. The van der Waals surface area contributed by atoms with Gasteiger partial charge in [-0.15, -0.1) is 0 Å². The van der Waals surface area contributed by atoms with Gasteiger partial charge >= 0.3 is 0 Å². The number of benzene rings is 2. The van der Waals surface area contributed by atoms with Crippen LogP contribution in [-0.4, -0.2) is 41.2 Å². The topological polar surface area (TPSA) is 93.3 Å². The quantitative estimate of drug-likeness (QED) is 0.617. The second-order valence-electron chi connectivity index (χ2n) is 6.65. The molecule has 1 aromatic heterocycles. The molecule has 0 spiro atoms. The maximum Gasteiger partial charge on any atom is 0.271 e. The molecule has 0 radical (unpaired) electrons. The van der Waals surface area contributed by atoms with Gasteiger partial charge in [0, 0.05) is 31.4 Å². The predicted octanol–water partition coefficient (Wildman–Crippen LogP) is 2.54. The van der Waals surface area contributed by atoms with Crippen LogP contribution < -0.4 is 16.0 Å². The molecule has 0 bridgehead atoms. The first kappa shape index (κ1) is 20.1. The smallest absolute Gasteiger partial charge is 0.271 e. The SMILES string of the molecule is CCN(CCNC(=O)c1cc(C(N)=O)n(-c2ccccc2)n1)c1ccccc1C. The summed E-state index contributed by atoms with van der Waals surface area (Å²) >= 11 is 0. The molecule has 0 unspecified atom stereocenters. The Balaban J connectivity index is 1.70. The summed E-state index contributed by atoms with van der Waals surface area (Å²) in [5.74, 6) is -0.986. The van der Waals surface area contributed by atoms with E-state index < -0.39 is 5.91 Å². The number of primary amides is 1. The molecule has 1 heterocycles. The normalized spacial score (nSPS) is 10.6. The highest BCUT2D eigenvalue weighted by molar-refractivity contribution is 5.97. The Morgan fingerprint density at radius 2 is 1.79 bits per heavy atom. The molecule has 3 rings (SSSR count). The van der Waals surface area contributed by atoms with Crippen LogP contribution in [0.15, 0.2) is 60.7 Å². The number of aromatic nitrogens is 2. The fourth-order valence-electron chi connectivity index (χ4n) is 3.20. The van der Waals surface area contributed by atoms with Crippen molar-refractivity contribution in [1.82, 2.24) is 15.1 Å². The zero-order chi connectivity index (χ0) is 20.8. The minimum atomic E-state index is -0.642. The highest BCUT2D eigenvalue weighted by atomic mass is 16.2. The number of nitrogens with one attached hydrogen (secondary N) is 1. The summed E-state index contributed by atoms with van der Waals surface area (Å²) < 4.78 is 1.39. The molecular weight excluding hydrogens is 366 g/mol. The minimum Gasteiger partial charge on any atom is -0.370 e. The Morgan fingerprint density at radius 1 is 1.10 bits per heavy atom. The molecule has 7 heteroatoms. The van der Waals surface area contributed by atoms with Gasteiger partial charge in [0.05, 0.1) is 5.69 Å². The van der Waals surface area contributed by atoms with Crippen LogP contribution in [0.4, 0.5) is 5.69 Å². The molecular formula is C22H25N5O2. The first-order chi connectivity index (χ1) is 14.0. The second-order valence-corrected chi connectivity index (χ2v) is 6.65. The van der Waals surface area contributed by atoms with Crippen LogP contribution in [0.1, 0.15) is 33.5 Å². The van der Waals surface area contributed by atoms with Crippen molar-refractivity contribution in [3.8, 4) is 5.69 Å². The number of para-hydroxylation sites is 2. The Hall–Kier alpha value is -3.61. The fraction of sp³-hybridized carbons (Fsp3) is 0.227. The van der Waals surface area contributed by atoms with Crippen molar-refractivity contribution in [2.24, 2.45) is 5.73 Å². The van der Waals surface area contributed by atoms with Gasteiger partial charge in [-0.05, 0) is 37.6 Å². The summed E-state index contributed by atoms with van der Waals surface area (Å²) in [6.45, 7) is 6.09. The molecule has 0 saturated heterocycles. The molecule has 3 N–H and O–H groups in total. The van der Waals surface area contributed by atoms with E-state index in [9.17, 15) is 9.59 Å². The highest BCUT2D eigenvalue weighted by Gasteiger charge is 2.18. The number of nitrogens with two attached hydrogens (primary N) is 1. The first-order valence-corrected chi connectivity index (χ1v) is 9.55. The number of nitrogens with zero attached hydrogens (tertiary/aromatic N) is 3. The lowest BCUT2D eigenvalue weighted by Gasteiger charge is -2.25. The van der Waals surface area contributed by atoms with Crippen LogP contribution in [0.25, 0.3) is 5.69 Å². The molecule has 2 aromatic carbocycles. The van der Waals surface area contributed by atoms with Gasteiger partial charge in [0.15, 0.2) is 5.69 Å². The summed E-state index contributed by atoms with van der Waals surface area (Å²) in [5.41, 5.74) is 8.78. The van der Waals surface area contributed by atoms with Crippen LogP contribution in [0.2, 0.25) is 0 Å². The first-order valence-electron chi connectivity index (χ1n) is 9.55. The van der Waals surface area contributed by atoms with Crippen LogP contribution in [0.5, 0.6) is 0 Å². The van der Waals surface area contributed by atoms with E-state index in [2.05, 4.69) is 41.3 Å². The third kappa shape index (κ3) is 4.63. The highest BCUT2D eigenvalue weighted by Crippen LogP contribution is 2.18. The van der Waals surface area contributed by atoms with Crippen molar-refractivity contribution in [3.05, 3.63) is 77.6 Å².